The molecule has 1 atom stereocenters. The number of para-hydroxylation sites is 1. The van der Waals surface area contributed by atoms with Crippen LogP contribution >= 0.6 is 0 Å². The summed E-state index contributed by atoms with van der Waals surface area (Å²) in [6, 6.07) is 19.8. The minimum atomic E-state index is -0.433. The highest BCUT2D eigenvalue weighted by Gasteiger charge is 2.35. The van der Waals surface area contributed by atoms with Crippen molar-refractivity contribution in [2.45, 2.75) is 20.3 Å². The Kier molecular flexibility index (Phi) is 6.63. The third kappa shape index (κ3) is 4.93. The van der Waals surface area contributed by atoms with Crippen LogP contribution in [0.2, 0.25) is 0 Å². The molecule has 4 rings (SSSR count). The molecular weight excluding hydrogens is 430 g/mol. The number of nitrogens with one attached hydrogen (secondary N) is 2. The largest absolute Gasteiger partial charge is 0.496 e. The fourth-order valence-corrected chi connectivity index (χ4v) is 4.04. The number of carbonyl (C=O) groups is 3. The van der Waals surface area contributed by atoms with Crippen molar-refractivity contribution in [3.8, 4) is 5.75 Å². The van der Waals surface area contributed by atoms with Gasteiger partial charge in [-0.25, -0.2) is 0 Å². The number of hydrogen-bond donors (Lipinski definition) is 2. The van der Waals surface area contributed by atoms with Gasteiger partial charge in [0.15, 0.2) is 0 Å². The summed E-state index contributed by atoms with van der Waals surface area (Å²) in [6.45, 7) is 4.29. The first-order valence-corrected chi connectivity index (χ1v) is 11.1. The van der Waals surface area contributed by atoms with E-state index in [1.165, 1.54) is 7.11 Å². The summed E-state index contributed by atoms with van der Waals surface area (Å²) in [7, 11) is 1.52. The molecule has 3 aromatic rings. The molecule has 0 radical (unpaired) electrons. The van der Waals surface area contributed by atoms with Gasteiger partial charge in [-0.2, -0.15) is 0 Å². The summed E-state index contributed by atoms with van der Waals surface area (Å²) < 4.78 is 5.24. The second-order valence-corrected chi connectivity index (χ2v) is 8.42. The zero-order valence-corrected chi connectivity index (χ0v) is 19.4. The first-order chi connectivity index (χ1) is 16.4. The number of amides is 3. The fourth-order valence-electron chi connectivity index (χ4n) is 4.04. The van der Waals surface area contributed by atoms with Crippen LogP contribution in [0, 0.1) is 19.8 Å². The molecule has 0 saturated carbocycles. The molecule has 1 aliphatic rings. The van der Waals surface area contributed by atoms with Crippen molar-refractivity contribution >= 4 is 34.8 Å². The fraction of sp³-hybridized carbons (Fsp3) is 0.222. The van der Waals surface area contributed by atoms with Gasteiger partial charge in [0, 0.05) is 30.0 Å². The minimum Gasteiger partial charge on any atom is -0.496 e. The molecule has 0 spiro atoms. The Labute approximate surface area is 198 Å². The van der Waals surface area contributed by atoms with Crippen LogP contribution in [0.15, 0.2) is 66.7 Å². The van der Waals surface area contributed by atoms with Crippen molar-refractivity contribution in [1.29, 1.82) is 0 Å². The van der Waals surface area contributed by atoms with Crippen LogP contribution < -0.4 is 20.3 Å². The SMILES string of the molecule is COc1ccccc1C(=O)Nc1ccc(NC(=O)C2CC(=O)N(c3cc(C)ccc3C)C2)cc1. The number of anilines is 3. The van der Waals surface area contributed by atoms with Crippen LogP contribution in [0.25, 0.3) is 0 Å². The van der Waals surface area contributed by atoms with Gasteiger partial charge in [0.25, 0.3) is 5.91 Å². The lowest BCUT2D eigenvalue weighted by molar-refractivity contribution is -0.122. The number of hydrogen-bond acceptors (Lipinski definition) is 4. The van der Waals surface area contributed by atoms with Crippen molar-refractivity contribution in [2.24, 2.45) is 5.92 Å². The van der Waals surface area contributed by atoms with Crippen molar-refractivity contribution in [3.05, 3.63) is 83.4 Å². The predicted molar refractivity (Wildman–Crippen MR) is 132 cm³/mol. The van der Waals surface area contributed by atoms with E-state index in [9.17, 15) is 14.4 Å². The smallest absolute Gasteiger partial charge is 0.259 e. The first kappa shape index (κ1) is 23.0. The summed E-state index contributed by atoms with van der Waals surface area (Å²) in [5.74, 6) is -0.484. The first-order valence-electron chi connectivity index (χ1n) is 11.1. The second kappa shape index (κ2) is 9.79. The Morgan fingerprint density at radius 2 is 1.62 bits per heavy atom. The summed E-state index contributed by atoms with van der Waals surface area (Å²) in [6.07, 6.45) is 0.173. The van der Waals surface area contributed by atoms with Gasteiger partial charge < -0.3 is 20.3 Å². The molecule has 174 valence electrons. The van der Waals surface area contributed by atoms with Crippen LogP contribution in [0.4, 0.5) is 17.1 Å². The maximum absolute atomic E-state index is 12.8. The standard InChI is InChI=1S/C27H27N3O4/c1-17-8-9-18(2)23(14-17)30-16-19(15-25(30)31)26(32)28-20-10-12-21(13-11-20)29-27(33)22-6-4-5-7-24(22)34-3/h4-14,19H,15-16H2,1-3H3,(H,28,32)(H,29,33). The molecule has 34 heavy (non-hydrogen) atoms. The average Bonchev–Trinajstić information content (AvgIpc) is 3.23. The Hall–Kier alpha value is -4.13. The molecule has 7 heteroatoms. The van der Waals surface area contributed by atoms with Gasteiger partial charge >= 0.3 is 0 Å². The lowest BCUT2D eigenvalue weighted by Gasteiger charge is -2.19. The monoisotopic (exact) mass is 457 g/mol. The normalized spacial score (nSPS) is 15.2. The molecule has 1 unspecified atom stereocenters. The number of benzene rings is 3. The van der Waals surface area contributed by atoms with Gasteiger partial charge in [0.2, 0.25) is 11.8 Å². The highest BCUT2D eigenvalue weighted by Crippen LogP contribution is 2.29. The van der Waals surface area contributed by atoms with Gasteiger partial charge in [-0.15, -0.1) is 0 Å². The zero-order valence-electron chi connectivity index (χ0n) is 19.4. The molecule has 1 fully saturated rings. The molecule has 0 aromatic heterocycles. The maximum atomic E-state index is 12.8. The molecular formula is C27H27N3O4. The van der Waals surface area contributed by atoms with E-state index in [1.54, 1.807) is 53.4 Å². The predicted octanol–water partition coefficient (Wildman–Crippen LogP) is 4.56. The Morgan fingerprint density at radius 1 is 0.941 bits per heavy atom. The Morgan fingerprint density at radius 3 is 2.32 bits per heavy atom. The lowest BCUT2D eigenvalue weighted by atomic mass is 10.1. The second-order valence-electron chi connectivity index (χ2n) is 8.42. The quantitative estimate of drug-likeness (QED) is 0.568. The van der Waals surface area contributed by atoms with E-state index in [1.807, 2.05) is 32.0 Å². The summed E-state index contributed by atoms with van der Waals surface area (Å²) in [4.78, 5) is 39.7. The van der Waals surface area contributed by atoms with E-state index in [-0.39, 0.29) is 24.1 Å². The maximum Gasteiger partial charge on any atom is 0.259 e. The third-order valence-corrected chi connectivity index (χ3v) is 5.91. The Bertz CT molecular complexity index is 1240. The van der Waals surface area contributed by atoms with Crippen LogP contribution in [0.1, 0.15) is 27.9 Å². The van der Waals surface area contributed by atoms with Crippen LogP contribution in [0.3, 0.4) is 0 Å². The molecule has 0 bridgehead atoms. The van der Waals surface area contributed by atoms with Crippen LogP contribution in [-0.2, 0) is 9.59 Å². The van der Waals surface area contributed by atoms with Gasteiger partial charge in [0.1, 0.15) is 5.75 Å². The van der Waals surface area contributed by atoms with Crippen molar-refractivity contribution in [3.63, 3.8) is 0 Å². The molecule has 2 N–H and O–H groups in total. The molecule has 1 saturated heterocycles. The van der Waals surface area contributed by atoms with E-state index in [0.717, 1.165) is 16.8 Å². The highest BCUT2D eigenvalue weighted by molar-refractivity contribution is 6.06. The van der Waals surface area contributed by atoms with Crippen molar-refractivity contribution < 1.29 is 19.1 Å². The van der Waals surface area contributed by atoms with Gasteiger partial charge in [0.05, 0.1) is 18.6 Å². The number of ether oxygens (including phenoxy) is 1. The number of nitrogens with zero attached hydrogens (tertiary/aromatic N) is 1. The third-order valence-electron chi connectivity index (χ3n) is 5.91. The van der Waals surface area contributed by atoms with E-state index in [2.05, 4.69) is 10.6 Å². The van der Waals surface area contributed by atoms with Gasteiger partial charge in [-0.3, -0.25) is 14.4 Å². The number of rotatable bonds is 6. The van der Waals surface area contributed by atoms with Crippen molar-refractivity contribution in [2.75, 3.05) is 29.2 Å². The number of aryl methyl sites for hydroxylation is 2. The molecule has 0 aliphatic carbocycles. The number of methoxy groups -OCH3 is 1. The minimum absolute atomic E-state index is 0.0525. The topological polar surface area (TPSA) is 87.7 Å². The molecule has 7 nitrogen and oxygen atoms in total. The number of carbonyl (C=O) groups excluding carboxylic acids is 3. The highest BCUT2D eigenvalue weighted by atomic mass is 16.5. The summed E-state index contributed by atoms with van der Waals surface area (Å²) >= 11 is 0. The Balaban J connectivity index is 1.38. The van der Waals surface area contributed by atoms with Crippen LogP contribution in [-0.4, -0.2) is 31.4 Å². The summed E-state index contributed by atoms with van der Waals surface area (Å²) in [5.41, 5.74) is 4.55. The lowest BCUT2D eigenvalue weighted by Crippen LogP contribution is -2.28. The van der Waals surface area contributed by atoms with Gasteiger partial charge in [-0.05, 0) is 67.4 Å². The molecule has 3 amide bonds. The van der Waals surface area contributed by atoms with E-state index in [4.69, 9.17) is 4.74 Å². The molecule has 1 aliphatic heterocycles. The molecule has 3 aromatic carbocycles. The van der Waals surface area contributed by atoms with E-state index in [0.29, 0.717) is 29.2 Å². The van der Waals surface area contributed by atoms with Crippen LogP contribution in [0.5, 0.6) is 5.75 Å². The van der Waals surface area contributed by atoms with E-state index >= 15 is 0 Å². The average molecular weight is 458 g/mol. The summed E-state index contributed by atoms with van der Waals surface area (Å²) in [5, 5.41) is 5.71. The van der Waals surface area contributed by atoms with Gasteiger partial charge in [-0.1, -0.05) is 24.3 Å². The van der Waals surface area contributed by atoms with E-state index < -0.39 is 5.92 Å². The zero-order chi connectivity index (χ0) is 24.2. The molecule has 1 heterocycles. The van der Waals surface area contributed by atoms with Crippen molar-refractivity contribution in [1.82, 2.24) is 0 Å².